The van der Waals surface area contributed by atoms with Gasteiger partial charge in [0.25, 0.3) is 0 Å². The van der Waals surface area contributed by atoms with Gasteiger partial charge in [-0.05, 0) is 49.3 Å². The number of amides is 1. The van der Waals surface area contributed by atoms with Crippen molar-refractivity contribution in [2.75, 3.05) is 11.4 Å². The smallest absolute Gasteiger partial charge is 0.227 e. The minimum absolute atomic E-state index is 0.181. The molecule has 2 aliphatic rings. The van der Waals surface area contributed by atoms with E-state index in [9.17, 15) is 4.79 Å². The molecule has 1 amide bonds. The van der Waals surface area contributed by atoms with E-state index in [0.717, 1.165) is 23.7 Å². The van der Waals surface area contributed by atoms with Gasteiger partial charge < -0.3 is 4.90 Å². The summed E-state index contributed by atoms with van der Waals surface area (Å²) in [5.74, 6) is 1.42. The Hall–Kier alpha value is -1.53. The molecule has 1 aromatic carbocycles. The molecule has 1 unspecified atom stereocenters. The summed E-state index contributed by atoms with van der Waals surface area (Å²) in [6.45, 7) is 2.67. The molecule has 1 aliphatic carbocycles. The maximum absolute atomic E-state index is 12.2. The molecule has 1 aromatic rings. The molecule has 98 valence electrons. The zero-order chi connectivity index (χ0) is 13.6. The number of rotatable bonds is 2. The van der Waals surface area contributed by atoms with Crippen LogP contribution in [0.5, 0.6) is 0 Å². The third-order valence-electron chi connectivity index (χ3n) is 4.21. The van der Waals surface area contributed by atoms with Crippen LogP contribution < -0.4 is 4.90 Å². The van der Waals surface area contributed by atoms with Gasteiger partial charge in [0.1, 0.15) is 6.07 Å². The Morgan fingerprint density at radius 3 is 2.74 bits per heavy atom. The Labute approximate surface area is 117 Å². The van der Waals surface area contributed by atoms with Gasteiger partial charge in [0, 0.05) is 18.7 Å². The van der Waals surface area contributed by atoms with E-state index in [0.29, 0.717) is 22.9 Å². The number of hydrogen-bond donors (Lipinski definition) is 0. The molecule has 1 atom stereocenters. The van der Waals surface area contributed by atoms with Gasteiger partial charge in [0.05, 0.1) is 10.6 Å². The van der Waals surface area contributed by atoms with E-state index < -0.39 is 0 Å². The van der Waals surface area contributed by atoms with Crippen LogP contribution in [0.1, 0.15) is 30.4 Å². The van der Waals surface area contributed by atoms with E-state index in [4.69, 9.17) is 16.9 Å². The van der Waals surface area contributed by atoms with E-state index in [1.807, 2.05) is 17.9 Å². The first-order valence-electron chi connectivity index (χ1n) is 6.61. The Kier molecular flexibility index (Phi) is 2.99. The van der Waals surface area contributed by atoms with Crippen LogP contribution in [0.25, 0.3) is 0 Å². The number of nitriles is 1. The highest BCUT2D eigenvalue weighted by atomic mass is 35.5. The number of nitrogens with zero attached hydrogens (tertiary/aromatic N) is 2. The van der Waals surface area contributed by atoms with Crippen molar-refractivity contribution in [3.63, 3.8) is 0 Å². The van der Waals surface area contributed by atoms with Crippen molar-refractivity contribution >= 4 is 23.2 Å². The van der Waals surface area contributed by atoms with Crippen LogP contribution in [-0.4, -0.2) is 12.5 Å². The van der Waals surface area contributed by atoms with Crippen LogP contribution in [-0.2, 0) is 4.79 Å². The van der Waals surface area contributed by atoms with E-state index in [-0.39, 0.29) is 5.91 Å². The highest BCUT2D eigenvalue weighted by molar-refractivity contribution is 6.33. The van der Waals surface area contributed by atoms with Gasteiger partial charge in [-0.25, -0.2) is 0 Å². The largest absolute Gasteiger partial charge is 0.312 e. The molecular formula is C15H15ClN2O. The summed E-state index contributed by atoms with van der Waals surface area (Å²) >= 11 is 6.18. The molecule has 19 heavy (non-hydrogen) atoms. The third-order valence-corrected chi connectivity index (χ3v) is 4.70. The van der Waals surface area contributed by atoms with Crippen molar-refractivity contribution in [3.05, 3.63) is 28.3 Å². The van der Waals surface area contributed by atoms with Crippen LogP contribution in [0, 0.1) is 30.1 Å². The number of halogens is 1. The molecule has 3 rings (SSSR count). The summed E-state index contributed by atoms with van der Waals surface area (Å²) in [5, 5.41) is 9.42. The van der Waals surface area contributed by atoms with Gasteiger partial charge >= 0.3 is 0 Å². The molecule has 2 fully saturated rings. The number of carbonyl (C=O) groups excluding carboxylic acids is 1. The number of carbonyl (C=O) groups is 1. The first-order chi connectivity index (χ1) is 9.11. The van der Waals surface area contributed by atoms with Crippen LogP contribution >= 0.6 is 11.6 Å². The van der Waals surface area contributed by atoms with Gasteiger partial charge in [-0.15, -0.1) is 0 Å². The monoisotopic (exact) mass is 274 g/mol. The normalized spacial score (nSPS) is 22.7. The topological polar surface area (TPSA) is 44.1 Å². The molecule has 1 heterocycles. The second kappa shape index (κ2) is 4.54. The third kappa shape index (κ3) is 2.11. The van der Waals surface area contributed by atoms with Crippen molar-refractivity contribution in [3.8, 4) is 6.07 Å². The molecule has 1 aliphatic heterocycles. The minimum Gasteiger partial charge on any atom is -0.312 e. The predicted molar refractivity (Wildman–Crippen MR) is 74.1 cm³/mol. The molecule has 4 heteroatoms. The second-order valence-electron chi connectivity index (χ2n) is 5.49. The first kappa shape index (κ1) is 12.5. The number of anilines is 1. The molecule has 0 bridgehead atoms. The van der Waals surface area contributed by atoms with Crippen molar-refractivity contribution < 1.29 is 4.79 Å². The van der Waals surface area contributed by atoms with Gasteiger partial charge in [0.15, 0.2) is 0 Å². The van der Waals surface area contributed by atoms with Gasteiger partial charge in [0.2, 0.25) is 5.91 Å². The van der Waals surface area contributed by atoms with Gasteiger partial charge in [-0.1, -0.05) is 11.6 Å². The Balaban J connectivity index is 1.92. The number of hydrogen-bond acceptors (Lipinski definition) is 2. The lowest BCUT2D eigenvalue weighted by Gasteiger charge is -2.20. The van der Waals surface area contributed by atoms with Gasteiger partial charge in [-0.2, -0.15) is 5.26 Å². The van der Waals surface area contributed by atoms with Crippen LogP contribution in [0.2, 0.25) is 5.02 Å². The van der Waals surface area contributed by atoms with Crippen molar-refractivity contribution in [2.24, 2.45) is 11.8 Å². The second-order valence-corrected chi connectivity index (χ2v) is 5.87. The molecule has 0 aromatic heterocycles. The summed E-state index contributed by atoms with van der Waals surface area (Å²) in [6, 6.07) is 5.60. The average molecular weight is 275 g/mol. The lowest BCUT2D eigenvalue weighted by atomic mass is 10.0. The maximum atomic E-state index is 12.2. The standard InChI is InChI=1S/C15H15ClN2O/c1-9-13(5-4-11(7-17)15(9)16)18-8-12(6-14(18)19)10-2-3-10/h4-5,10,12H,2-3,6,8H2,1H3. The quantitative estimate of drug-likeness (QED) is 0.831. The average Bonchev–Trinajstić information content (AvgIpc) is 3.17. The van der Waals surface area contributed by atoms with E-state index in [2.05, 4.69) is 6.07 Å². The van der Waals surface area contributed by atoms with E-state index >= 15 is 0 Å². The highest BCUT2D eigenvalue weighted by Gasteiger charge is 2.40. The van der Waals surface area contributed by atoms with E-state index in [1.165, 1.54) is 12.8 Å². The van der Waals surface area contributed by atoms with Crippen molar-refractivity contribution in [1.82, 2.24) is 0 Å². The summed E-state index contributed by atoms with van der Waals surface area (Å²) < 4.78 is 0. The molecule has 1 saturated heterocycles. The molecule has 0 radical (unpaired) electrons. The summed E-state index contributed by atoms with van der Waals surface area (Å²) in [6.07, 6.45) is 3.18. The first-order valence-corrected chi connectivity index (χ1v) is 6.99. The zero-order valence-corrected chi connectivity index (χ0v) is 11.6. The minimum atomic E-state index is 0.181. The van der Waals surface area contributed by atoms with Crippen molar-refractivity contribution in [2.45, 2.75) is 26.2 Å². The molecular weight excluding hydrogens is 260 g/mol. The SMILES string of the molecule is Cc1c(N2CC(C3CC3)CC2=O)ccc(C#N)c1Cl. The number of benzene rings is 1. The fraction of sp³-hybridized carbons (Fsp3) is 0.467. The molecule has 3 nitrogen and oxygen atoms in total. The molecule has 0 spiro atoms. The fourth-order valence-electron chi connectivity index (χ4n) is 2.91. The van der Waals surface area contributed by atoms with E-state index in [1.54, 1.807) is 6.07 Å². The summed E-state index contributed by atoms with van der Waals surface area (Å²) in [5.41, 5.74) is 2.15. The summed E-state index contributed by atoms with van der Waals surface area (Å²) in [7, 11) is 0. The highest BCUT2D eigenvalue weighted by Crippen LogP contribution is 2.43. The maximum Gasteiger partial charge on any atom is 0.227 e. The Morgan fingerprint density at radius 1 is 1.37 bits per heavy atom. The predicted octanol–water partition coefficient (Wildman–Crippen LogP) is 3.28. The molecule has 1 saturated carbocycles. The molecule has 0 N–H and O–H groups in total. The van der Waals surface area contributed by atoms with Gasteiger partial charge in [-0.3, -0.25) is 4.79 Å². The zero-order valence-electron chi connectivity index (χ0n) is 10.8. The lowest BCUT2D eigenvalue weighted by molar-refractivity contribution is -0.117. The van der Waals surface area contributed by atoms with Crippen LogP contribution in [0.15, 0.2) is 12.1 Å². The van der Waals surface area contributed by atoms with Crippen molar-refractivity contribution in [1.29, 1.82) is 5.26 Å². The fourth-order valence-corrected chi connectivity index (χ4v) is 3.11. The lowest BCUT2D eigenvalue weighted by Crippen LogP contribution is -2.25. The Morgan fingerprint density at radius 2 is 2.11 bits per heavy atom. The van der Waals surface area contributed by atoms with Crippen LogP contribution in [0.4, 0.5) is 5.69 Å². The Bertz CT molecular complexity index is 587. The summed E-state index contributed by atoms with van der Waals surface area (Å²) in [4.78, 5) is 14.0. The van der Waals surface area contributed by atoms with Crippen LogP contribution in [0.3, 0.4) is 0 Å².